The quantitative estimate of drug-likeness (QED) is 0.463. The van der Waals surface area contributed by atoms with E-state index >= 15 is 0 Å². The van der Waals surface area contributed by atoms with Crippen molar-refractivity contribution in [2.75, 3.05) is 11.8 Å². The van der Waals surface area contributed by atoms with Gasteiger partial charge in [-0.25, -0.2) is 18.4 Å². The molecule has 0 unspecified atom stereocenters. The summed E-state index contributed by atoms with van der Waals surface area (Å²) in [6, 6.07) is 14.3. The van der Waals surface area contributed by atoms with E-state index in [0.717, 1.165) is 4.47 Å². The first-order valence-corrected chi connectivity index (χ1v) is 11.0. The Bertz CT molecular complexity index is 1410. The van der Waals surface area contributed by atoms with E-state index in [1.165, 1.54) is 48.5 Å². The molecule has 0 spiro atoms. The first-order valence-electron chi connectivity index (χ1n) is 8.67. The number of benzene rings is 2. The molecule has 0 aliphatic rings. The molecule has 152 valence electrons. The third-order valence-corrected chi connectivity index (χ3v) is 6.23. The van der Waals surface area contributed by atoms with Crippen LogP contribution < -0.4 is 15.0 Å². The molecule has 0 amide bonds. The summed E-state index contributed by atoms with van der Waals surface area (Å²) in [5.74, 6) is 0.663. The number of anilines is 1. The lowest BCUT2D eigenvalue weighted by molar-refractivity contribution is 0.412. The zero-order valence-corrected chi connectivity index (χ0v) is 18.0. The number of rotatable bonds is 5. The maximum atomic E-state index is 12.7. The Labute approximate surface area is 180 Å². The zero-order valence-electron chi connectivity index (χ0n) is 15.6. The fraction of sp³-hybridized carbons (Fsp3) is 0.0500. The van der Waals surface area contributed by atoms with Crippen LogP contribution in [-0.4, -0.2) is 30.1 Å². The highest BCUT2D eigenvalue weighted by Crippen LogP contribution is 2.29. The number of fused-ring (bicyclic) bond motifs is 1. The number of methoxy groups -OCH3 is 1. The van der Waals surface area contributed by atoms with E-state index in [0.29, 0.717) is 22.3 Å². The minimum atomic E-state index is -3.87. The Morgan fingerprint density at radius 2 is 1.90 bits per heavy atom. The van der Waals surface area contributed by atoms with Crippen LogP contribution in [0.5, 0.6) is 5.75 Å². The summed E-state index contributed by atoms with van der Waals surface area (Å²) in [6.07, 6.45) is 2.69. The molecule has 0 aliphatic carbocycles. The van der Waals surface area contributed by atoms with Gasteiger partial charge in [0.25, 0.3) is 15.6 Å². The summed E-state index contributed by atoms with van der Waals surface area (Å²) in [6.45, 7) is 0. The van der Waals surface area contributed by atoms with Crippen LogP contribution in [0.3, 0.4) is 0 Å². The highest BCUT2D eigenvalue weighted by molar-refractivity contribution is 9.10. The number of halogens is 1. The molecule has 30 heavy (non-hydrogen) atoms. The number of nitrogens with one attached hydrogen (secondary N) is 1. The molecule has 4 aromatic rings. The summed E-state index contributed by atoms with van der Waals surface area (Å²) in [5, 5.41) is 0.574. The average Bonchev–Trinajstić information content (AvgIpc) is 2.74. The molecule has 10 heteroatoms. The van der Waals surface area contributed by atoms with Crippen molar-refractivity contribution in [2.24, 2.45) is 0 Å². The van der Waals surface area contributed by atoms with Crippen molar-refractivity contribution < 1.29 is 13.2 Å². The summed E-state index contributed by atoms with van der Waals surface area (Å²) in [5.41, 5.74) is 0.827. The van der Waals surface area contributed by atoms with E-state index < -0.39 is 10.0 Å². The highest BCUT2D eigenvalue weighted by Gasteiger charge is 2.17. The Kier molecular flexibility index (Phi) is 5.27. The third-order valence-electron chi connectivity index (χ3n) is 4.38. The first-order chi connectivity index (χ1) is 14.4. The van der Waals surface area contributed by atoms with Crippen molar-refractivity contribution in [3.8, 4) is 11.4 Å². The smallest absolute Gasteiger partial charge is 0.263 e. The number of sulfonamides is 1. The largest absolute Gasteiger partial charge is 0.495 e. The number of ether oxygens (including phenoxy) is 1. The minimum Gasteiger partial charge on any atom is -0.495 e. The van der Waals surface area contributed by atoms with Gasteiger partial charge in [0.2, 0.25) is 0 Å². The standard InChI is InChI=1S/C20H15BrN4O4S/c1-29-18-11-14(21)3-5-17(18)25-16-6-4-15(10-13(16)2-7-20(25)26)30(27,28)24-19-8-9-22-12-23-19/h2-12H,1H3,(H,22,23,24). The summed E-state index contributed by atoms with van der Waals surface area (Å²) in [4.78, 5) is 20.3. The third kappa shape index (κ3) is 3.79. The van der Waals surface area contributed by atoms with E-state index in [1.807, 2.05) is 0 Å². The van der Waals surface area contributed by atoms with Gasteiger partial charge in [-0.3, -0.25) is 14.1 Å². The van der Waals surface area contributed by atoms with Gasteiger partial charge in [0.1, 0.15) is 17.9 Å². The Balaban J connectivity index is 1.85. The monoisotopic (exact) mass is 486 g/mol. The molecule has 0 fully saturated rings. The number of hydrogen-bond acceptors (Lipinski definition) is 6. The topological polar surface area (TPSA) is 103 Å². The second-order valence-corrected chi connectivity index (χ2v) is 8.84. The normalized spacial score (nSPS) is 11.4. The van der Waals surface area contributed by atoms with E-state index in [1.54, 1.807) is 30.3 Å². The first kappa shape index (κ1) is 20.0. The van der Waals surface area contributed by atoms with Gasteiger partial charge in [-0.05, 0) is 48.5 Å². The van der Waals surface area contributed by atoms with Gasteiger partial charge in [0, 0.05) is 22.1 Å². The molecule has 1 N–H and O–H groups in total. The maximum Gasteiger partial charge on any atom is 0.263 e. The Morgan fingerprint density at radius 1 is 1.07 bits per heavy atom. The van der Waals surface area contributed by atoms with E-state index in [9.17, 15) is 13.2 Å². The molecular formula is C20H15BrN4O4S. The SMILES string of the molecule is COc1cc(Br)ccc1-n1c(=O)ccc2cc(S(=O)(=O)Nc3ccncn3)ccc21. The highest BCUT2D eigenvalue weighted by atomic mass is 79.9. The van der Waals surface area contributed by atoms with Crippen LogP contribution in [0.2, 0.25) is 0 Å². The predicted octanol–water partition coefficient (Wildman–Crippen LogP) is 3.35. The number of aromatic nitrogens is 3. The van der Waals surface area contributed by atoms with Gasteiger partial charge in [-0.1, -0.05) is 15.9 Å². The van der Waals surface area contributed by atoms with Gasteiger partial charge >= 0.3 is 0 Å². The molecule has 0 aliphatic heterocycles. The summed E-state index contributed by atoms with van der Waals surface area (Å²) < 4.78 is 35.6. The van der Waals surface area contributed by atoms with Crippen LogP contribution in [0.25, 0.3) is 16.6 Å². The predicted molar refractivity (Wildman–Crippen MR) is 117 cm³/mol. The fourth-order valence-corrected chi connectivity index (χ4v) is 4.41. The molecule has 0 bridgehead atoms. The summed E-state index contributed by atoms with van der Waals surface area (Å²) >= 11 is 3.39. The molecule has 0 saturated carbocycles. The second kappa shape index (κ2) is 7.88. The molecule has 2 aromatic carbocycles. The van der Waals surface area contributed by atoms with Crippen LogP contribution in [0.4, 0.5) is 5.82 Å². The van der Waals surface area contributed by atoms with Gasteiger partial charge < -0.3 is 4.74 Å². The lowest BCUT2D eigenvalue weighted by atomic mass is 10.2. The van der Waals surface area contributed by atoms with Gasteiger partial charge in [-0.2, -0.15) is 0 Å². The molecule has 2 aromatic heterocycles. The van der Waals surface area contributed by atoms with Crippen molar-refractivity contribution >= 4 is 42.7 Å². The molecule has 0 saturated heterocycles. The minimum absolute atomic E-state index is 0.0431. The lowest BCUT2D eigenvalue weighted by Crippen LogP contribution is -2.19. The van der Waals surface area contributed by atoms with E-state index in [2.05, 4.69) is 30.6 Å². The average molecular weight is 487 g/mol. The lowest BCUT2D eigenvalue weighted by Gasteiger charge is -2.15. The van der Waals surface area contributed by atoms with Gasteiger partial charge in [0.05, 0.1) is 23.2 Å². The zero-order chi connectivity index (χ0) is 21.3. The molecule has 2 heterocycles. The number of nitrogens with zero attached hydrogens (tertiary/aromatic N) is 3. The molecular weight excluding hydrogens is 472 g/mol. The summed E-state index contributed by atoms with van der Waals surface area (Å²) in [7, 11) is -2.35. The van der Waals surface area contributed by atoms with Crippen molar-refractivity contribution in [1.29, 1.82) is 0 Å². The Morgan fingerprint density at radius 3 is 2.63 bits per heavy atom. The van der Waals surface area contributed by atoms with Crippen LogP contribution in [0.1, 0.15) is 0 Å². The fourth-order valence-electron chi connectivity index (χ4n) is 3.02. The molecule has 4 rings (SSSR count). The van der Waals surface area contributed by atoms with Crippen molar-refractivity contribution in [2.45, 2.75) is 4.90 Å². The molecule has 0 radical (unpaired) electrons. The van der Waals surface area contributed by atoms with Crippen LogP contribution in [0, 0.1) is 0 Å². The van der Waals surface area contributed by atoms with Crippen molar-refractivity contribution in [3.63, 3.8) is 0 Å². The van der Waals surface area contributed by atoms with Crippen LogP contribution in [0.15, 0.2) is 81.3 Å². The van der Waals surface area contributed by atoms with Gasteiger partial charge in [0.15, 0.2) is 0 Å². The van der Waals surface area contributed by atoms with Gasteiger partial charge in [-0.15, -0.1) is 0 Å². The van der Waals surface area contributed by atoms with Crippen molar-refractivity contribution in [1.82, 2.24) is 14.5 Å². The van der Waals surface area contributed by atoms with E-state index in [-0.39, 0.29) is 16.3 Å². The molecule has 0 atom stereocenters. The van der Waals surface area contributed by atoms with E-state index in [4.69, 9.17) is 4.74 Å². The van der Waals surface area contributed by atoms with Crippen LogP contribution >= 0.6 is 15.9 Å². The Hall–Kier alpha value is -3.24. The maximum absolute atomic E-state index is 12.7. The second-order valence-electron chi connectivity index (χ2n) is 6.24. The van der Waals surface area contributed by atoms with Crippen LogP contribution in [-0.2, 0) is 10.0 Å². The molecule has 8 nitrogen and oxygen atoms in total. The number of hydrogen-bond donors (Lipinski definition) is 1. The number of pyridine rings is 1. The van der Waals surface area contributed by atoms with Crippen molar-refractivity contribution in [3.05, 3.63) is 81.9 Å².